The topological polar surface area (TPSA) is 71.3 Å². The largest absolute Gasteiger partial charge is 0.465 e. The van der Waals surface area contributed by atoms with Crippen molar-refractivity contribution in [2.45, 2.75) is 0 Å². The Kier molecular flexibility index (Phi) is 3.15. The molecule has 0 aromatic carbocycles. The molecule has 17 heavy (non-hydrogen) atoms. The molecule has 0 unspecified atom stereocenters. The number of carbonyl (C=O) groups excluding carboxylic acids is 2. The van der Waals surface area contributed by atoms with Gasteiger partial charge in [-0.3, -0.25) is 20.2 Å². The lowest BCUT2D eigenvalue weighted by Gasteiger charge is -2.15. The van der Waals surface area contributed by atoms with Gasteiger partial charge in [0, 0.05) is 0 Å². The van der Waals surface area contributed by atoms with Gasteiger partial charge in [0.2, 0.25) is 0 Å². The first-order valence-electron chi connectivity index (χ1n) is 4.75. The normalized spacial score (nSPS) is 16.0. The third kappa shape index (κ3) is 2.67. The van der Waals surface area contributed by atoms with E-state index in [4.69, 9.17) is 4.42 Å². The zero-order valence-electron chi connectivity index (χ0n) is 8.60. The number of nitrogens with one attached hydrogen (secondary N) is 2. The molecule has 1 fully saturated rings. The van der Waals surface area contributed by atoms with E-state index in [1.807, 2.05) is 0 Å². The van der Waals surface area contributed by atoms with Gasteiger partial charge in [-0.25, -0.2) is 0 Å². The molecule has 0 atom stereocenters. The summed E-state index contributed by atoms with van der Waals surface area (Å²) in [6, 6.07) is 3.50. The van der Waals surface area contributed by atoms with Crippen LogP contribution in [-0.4, -0.2) is 16.9 Å². The minimum Gasteiger partial charge on any atom is -0.465 e. The Morgan fingerprint density at radius 2 is 1.94 bits per heavy atom. The minimum atomic E-state index is -0.511. The third-order valence-corrected chi connectivity index (χ3v) is 2.21. The van der Waals surface area contributed by atoms with Crippen molar-refractivity contribution in [1.82, 2.24) is 10.6 Å². The standard InChI is InChI=1S/C11H8N2O3S/c14-9-8(10(15)13-11(17)12-9)5-1-3-7-4-2-6-16-7/h1-6H,(H2,12,13,14,15,17)/b3-1+. The van der Waals surface area contributed by atoms with Gasteiger partial charge in [-0.1, -0.05) is 6.08 Å². The Bertz CT molecular complexity index is 507. The smallest absolute Gasteiger partial charge is 0.263 e. The first kappa shape index (κ1) is 11.3. The van der Waals surface area contributed by atoms with Crippen molar-refractivity contribution in [1.29, 1.82) is 0 Å². The fraction of sp³-hybridized carbons (Fsp3) is 0. The van der Waals surface area contributed by atoms with Gasteiger partial charge in [-0.05, 0) is 36.5 Å². The van der Waals surface area contributed by atoms with Crippen LogP contribution in [0.1, 0.15) is 5.76 Å². The summed E-state index contributed by atoms with van der Waals surface area (Å²) in [6.45, 7) is 0. The van der Waals surface area contributed by atoms with Crippen molar-refractivity contribution in [2.75, 3.05) is 0 Å². The van der Waals surface area contributed by atoms with Gasteiger partial charge in [0.25, 0.3) is 11.8 Å². The molecule has 1 aliphatic heterocycles. The van der Waals surface area contributed by atoms with Gasteiger partial charge < -0.3 is 4.42 Å². The molecule has 0 saturated carbocycles. The summed E-state index contributed by atoms with van der Waals surface area (Å²) in [4.78, 5) is 22.8. The van der Waals surface area contributed by atoms with Crippen LogP contribution < -0.4 is 10.6 Å². The lowest BCUT2D eigenvalue weighted by atomic mass is 10.2. The molecule has 1 saturated heterocycles. The Hall–Kier alpha value is -2.21. The molecular weight excluding hydrogens is 240 g/mol. The van der Waals surface area contributed by atoms with Crippen LogP contribution in [0.15, 0.2) is 40.5 Å². The highest BCUT2D eigenvalue weighted by Crippen LogP contribution is 2.05. The molecule has 0 spiro atoms. The van der Waals surface area contributed by atoms with Gasteiger partial charge in [0.15, 0.2) is 5.11 Å². The first-order valence-corrected chi connectivity index (χ1v) is 5.16. The third-order valence-electron chi connectivity index (χ3n) is 2.01. The lowest BCUT2D eigenvalue weighted by molar-refractivity contribution is -0.123. The highest BCUT2D eigenvalue weighted by Gasteiger charge is 2.24. The van der Waals surface area contributed by atoms with Crippen molar-refractivity contribution in [3.63, 3.8) is 0 Å². The van der Waals surface area contributed by atoms with Gasteiger partial charge in [0.05, 0.1) is 6.26 Å². The first-order chi connectivity index (χ1) is 8.16. The number of allylic oxidation sites excluding steroid dienone is 2. The number of hydrogen-bond donors (Lipinski definition) is 2. The van der Waals surface area contributed by atoms with Gasteiger partial charge in [-0.2, -0.15) is 0 Å². The second-order valence-corrected chi connectivity index (χ2v) is 3.60. The summed E-state index contributed by atoms with van der Waals surface area (Å²) in [5.74, 6) is -0.389. The van der Waals surface area contributed by atoms with Crippen LogP contribution in [-0.2, 0) is 9.59 Å². The van der Waals surface area contributed by atoms with Crippen LogP contribution in [0.3, 0.4) is 0 Å². The number of furan rings is 1. The maximum atomic E-state index is 11.4. The fourth-order valence-electron chi connectivity index (χ4n) is 1.25. The van der Waals surface area contributed by atoms with Crippen molar-refractivity contribution in [3.05, 3.63) is 41.9 Å². The molecule has 0 aliphatic carbocycles. The number of thiocarbonyl (C=S) groups is 1. The van der Waals surface area contributed by atoms with Gasteiger partial charge >= 0.3 is 0 Å². The summed E-state index contributed by atoms with van der Waals surface area (Å²) < 4.78 is 5.06. The lowest BCUT2D eigenvalue weighted by Crippen LogP contribution is -2.51. The van der Waals surface area contributed by atoms with Crippen LogP contribution in [0, 0.1) is 0 Å². The summed E-state index contributed by atoms with van der Waals surface area (Å²) in [7, 11) is 0. The average molecular weight is 248 g/mol. The maximum absolute atomic E-state index is 11.4. The summed E-state index contributed by atoms with van der Waals surface area (Å²) in [6.07, 6.45) is 6.13. The van der Waals surface area contributed by atoms with E-state index in [-0.39, 0.29) is 10.7 Å². The van der Waals surface area contributed by atoms with E-state index in [0.717, 1.165) is 0 Å². The predicted molar refractivity (Wildman–Crippen MR) is 64.7 cm³/mol. The van der Waals surface area contributed by atoms with Crippen molar-refractivity contribution >= 4 is 35.2 Å². The molecule has 2 rings (SSSR count). The number of rotatable bonds is 2. The maximum Gasteiger partial charge on any atom is 0.263 e. The van der Waals surface area contributed by atoms with E-state index < -0.39 is 11.8 Å². The summed E-state index contributed by atoms with van der Waals surface area (Å²) in [5.41, 5.74) is 0.00130. The molecule has 0 bridgehead atoms. The van der Waals surface area contributed by atoms with E-state index in [1.165, 1.54) is 12.3 Å². The highest BCUT2D eigenvalue weighted by molar-refractivity contribution is 7.80. The second-order valence-electron chi connectivity index (χ2n) is 3.19. The Balaban J connectivity index is 2.13. The highest BCUT2D eigenvalue weighted by atomic mass is 32.1. The average Bonchev–Trinajstić information content (AvgIpc) is 2.74. The van der Waals surface area contributed by atoms with Gasteiger partial charge in [-0.15, -0.1) is 0 Å². The van der Waals surface area contributed by atoms with Crippen LogP contribution >= 0.6 is 12.2 Å². The van der Waals surface area contributed by atoms with E-state index in [2.05, 4.69) is 22.9 Å². The molecule has 86 valence electrons. The van der Waals surface area contributed by atoms with Crippen LogP contribution in [0.4, 0.5) is 0 Å². The quantitative estimate of drug-likeness (QED) is 0.460. The van der Waals surface area contributed by atoms with Crippen LogP contribution in [0.25, 0.3) is 6.08 Å². The molecule has 2 N–H and O–H groups in total. The molecule has 2 heterocycles. The van der Waals surface area contributed by atoms with E-state index in [0.29, 0.717) is 5.76 Å². The Morgan fingerprint density at radius 3 is 2.53 bits per heavy atom. The van der Waals surface area contributed by atoms with Crippen LogP contribution in [0.5, 0.6) is 0 Å². The predicted octanol–water partition coefficient (Wildman–Crippen LogP) is 0.750. The van der Waals surface area contributed by atoms with Gasteiger partial charge in [0.1, 0.15) is 11.3 Å². The molecule has 6 heteroatoms. The number of carbonyl (C=O) groups is 2. The minimum absolute atomic E-state index is 0.00130. The molecule has 1 aliphatic rings. The summed E-state index contributed by atoms with van der Waals surface area (Å²) >= 11 is 4.67. The molecule has 5 nitrogen and oxygen atoms in total. The SMILES string of the molecule is O=C1NC(=S)NC(=O)C1=C/C=C/c1ccco1. The number of amides is 2. The Labute approximate surface area is 102 Å². The van der Waals surface area contributed by atoms with Crippen molar-refractivity contribution < 1.29 is 14.0 Å². The van der Waals surface area contributed by atoms with E-state index in [9.17, 15) is 9.59 Å². The second kappa shape index (κ2) is 4.75. The number of hydrogen-bond acceptors (Lipinski definition) is 4. The molecule has 1 aromatic heterocycles. The molecule has 0 radical (unpaired) electrons. The van der Waals surface area contributed by atoms with Crippen LogP contribution in [0.2, 0.25) is 0 Å². The monoisotopic (exact) mass is 248 g/mol. The zero-order chi connectivity index (χ0) is 12.3. The fourth-order valence-corrected chi connectivity index (χ4v) is 1.44. The Morgan fingerprint density at radius 1 is 1.24 bits per heavy atom. The zero-order valence-corrected chi connectivity index (χ0v) is 9.41. The van der Waals surface area contributed by atoms with E-state index in [1.54, 1.807) is 24.3 Å². The van der Waals surface area contributed by atoms with Crippen molar-refractivity contribution in [2.24, 2.45) is 0 Å². The van der Waals surface area contributed by atoms with E-state index >= 15 is 0 Å². The molecular formula is C11H8N2O3S. The molecule has 1 aromatic rings. The summed E-state index contributed by atoms with van der Waals surface area (Å²) in [5, 5.41) is 4.70. The van der Waals surface area contributed by atoms with Crippen molar-refractivity contribution in [3.8, 4) is 0 Å². The molecule has 2 amide bonds.